The molecule has 4 aromatic rings. The zero-order valence-electron chi connectivity index (χ0n) is 18.4. The van der Waals surface area contributed by atoms with E-state index in [9.17, 15) is 9.18 Å². The highest BCUT2D eigenvalue weighted by molar-refractivity contribution is 6.30. The van der Waals surface area contributed by atoms with Gasteiger partial charge in [0, 0.05) is 49.5 Å². The van der Waals surface area contributed by atoms with Gasteiger partial charge in [0.05, 0.1) is 18.2 Å². The van der Waals surface area contributed by atoms with Crippen molar-refractivity contribution in [3.05, 3.63) is 69.2 Å². The first kappa shape index (κ1) is 21.5. The van der Waals surface area contributed by atoms with E-state index in [1.165, 1.54) is 10.6 Å². The van der Waals surface area contributed by atoms with Crippen LogP contribution in [0.5, 0.6) is 0 Å². The van der Waals surface area contributed by atoms with E-state index in [4.69, 9.17) is 21.3 Å². The summed E-state index contributed by atoms with van der Waals surface area (Å²) < 4.78 is 24.1. The number of hydrogen-bond acceptors (Lipinski definition) is 6. The SMILES string of the molecule is Cc1nc2c(-c3ccc(Cl)cc3F)nc(N3CCOC(c4cnn(C)c4)C3)cc2c(=O)n1C. The Balaban J connectivity index is 1.67. The summed E-state index contributed by atoms with van der Waals surface area (Å²) >= 11 is 5.96. The Labute approximate surface area is 194 Å². The maximum Gasteiger partial charge on any atom is 0.261 e. The first-order valence-corrected chi connectivity index (χ1v) is 10.9. The number of rotatable bonds is 3. The first-order chi connectivity index (χ1) is 15.8. The van der Waals surface area contributed by atoms with E-state index >= 15 is 0 Å². The van der Waals surface area contributed by atoms with Crippen LogP contribution in [0.15, 0.2) is 41.5 Å². The van der Waals surface area contributed by atoms with Crippen LogP contribution in [0.1, 0.15) is 17.5 Å². The van der Waals surface area contributed by atoms with Crippen molar-refractivity contribution in [3.63, 3.8) is 0 Å². The van der Waals surface area contributed by atoms with Gasteiger partial charge in [-0.05, 0) is 31.2 Å². The molecular weight excluding hydrogens is 447 g/mol. The van der Waals surface area contributed by atoms with Gasteiger partial charge in [0.1, 0.15) is 34.8 Å². The molecule has 0 radical (unpaired) electrons. The molecule has 1 aliphatic rings. The second-order valence-corrected chi connectivity index (χ2v) is 8.56. The highest BCUT2D eigenvalue weighted by Crippen LogP contribution is 2.33. The number of fused-ring (bicyclic) bond motifs is 1. The Bertz CT molecular complexity index is 1430. The molecule has 0 saturated carbocycles. The van der Waals surface area contributed by atoms with Crippen LogP contribution in [0.3, 0.4) is 0 Å². The van der Waals surface area contributed by atoms with E-state index in [0.29, 0.717) is 47.9 Å². The predicted octanol–water partition coefficient (Wildman–Crippen LogP) is 3.41. The van der Waals surface area contributed by atoms with Gasteiger partial charge >= 0.3 is 0 Å². The van der Waals surface area contributed by atoms with Crippen molar-refractivity contribution in [3.8, 4) is 11.3 Å². The minimum Gasteiger partial charge on any atom is -0.370 e. The van der Waals surface area contributed by atoms with E-state index in [0.717, 1.165) is 5.56 Å². The molecule has 1 fully saturated rings. The van der Waals surface area contributed by atoms with Gasteiger partial charge in [-0.1, -0.05) is 11.6 Å². The van der Waals surface area contributed by atoms with Gasteiger partial charge < -0.3 is 9.64 Å². The van der Waals surface area contributed by atoms with E-state index in [1.807, 2.05) is 18.1 Å². The maximum absolute atomic E-state index is 14.9. The molecule has 8 nitrogen and oxygen atoms in total. The molecular formula is C23H22ClFN6O2. The number of pyridine rings is 1. The second kappa shape index (κ2) is 8.24. The monoisotopic (exact) mass is 468 g/mol. The van der Waals surface area contributed by atoms with Crippen LogP contribution in [-0.2, 0) is 18.8 Å². The summed E-state index contributed by atoms with van der Waals surface area (Å²) in [7, 11) is 3.52. The molecule has 5 rings (SSSR count). The topological polar surface area (TPSA) is 78.1 Å². The van der Waals surface area contributed by atoms with E-state index in [2.05, 4.69) is 10.1 Å². The van der Waals surface area contributed by atoms with Crippen LogP contribution in [0.2, 0.25) is 5.02 Å². The maximum atomic E-state index is 14.9. The molecule has 0 amide bonds. The summed E-state index contributed by atoms with van der Waals surface area (Å²) in [6.07, 6.45) is 3.50. The van der Waals surface area contributed by atoms with Crippen molar-refractivity contribution in [1.82, 2.24) is 24.3 Å². The van der Waals surface area contributed by atoms with Crippen LogP contribution in [0, 0.1) is 12.7 Å². The van der Waals surface area contributed by atoms with Gasteiger partial charge in [0.15, 0.2) is 0 Å². The Morgan fingerprint density at radius 3 is 2.76 bits per heavy atom. The Hall–Kier alpha value is -3.30. The normalized spacial score (nSPS) is 16.5. The minimum absolute atomic E-state index is 0.195. The summed E-state index contributed by atoms with van der Waals surface area (Å²) in [5, 5.41) is 4.89. The van der Waals surface area contributed by atoms with Crippen LogP contribution in [0.25, 0.3) is 22.2 Å². The molecule has 1 saturated heterocycles. The van der Waals surface area contributed by atoms with Gasteiger partial charge in [-0.2, -0.15) is 5.10 Å². The summed E-state index contributed by atoms with van der Waals surface area (Å²) in [5.74, 6) is 0.552. The fraction of sp³-hybridized carbons (Fsp3) is 0.304. The van der Waals surface area contributed by atoms with Gasteiger partial charge in [-0.25, -0.2) is 14.4 Å². The molecule has 0 spiro atoms. The second-order valence-electron chi connectivity index (χ2n) is 8.13. The third kappa shape index (κ3) is 3.87. The molecule has 10 heteroatoms. The molecule has 1 unspecified atom stereocenters. The third-order valence-corrected chi connectivity index (χ3v) is 6.18. The number of morpholine rings is 1. The average molecular weight is 469 g/mol. The Kier molecular flexibility index (Phi) is 5.38. The largest absolute Gasteiger partial charge is 0.370 e. The van der Waals surface area contributed by atoms with Crippen LogP contribution < -0.4 is 10.5 Å². The van der Waals surface area contributed by atoms with Crippen molar-refractivity contribution >= 4 is 28.3 Å². The van der Waals surface area contributed by atoms with Crippen molar-refractivity contribution in [2.75, 3.05) is 24.6 Å². The number of benzene rings is 1. The van der Waals surface area contributed by atoms with Crippen molar-refractivity contribution in [2.45, 2.75) is 13.0 Å². The molecule has 0 aliphatic carbocycles. The van der Waals surface area contributed by atoms with Crippen molar-refractivity contribution < 1.29 is 9.13 Å². The minimum atomic E-state index is -0.524. The molecule has 33 heavy (non-hydrogen) atoms. The highest BCUT2D eigenvalue weighted by atomic mass is 35.5. The van der Waals surface area contributed by atoms with Crippen LogP contribution in [-0.4, -0.2) is 44.0 Å². The zero-order valence-corrected chi connectivity index (χ0v) is 19.2. The standard InChI is InChI=1S/C23H22ClFN6O2/c1-13-27-22-17(23(32)30(13)3)9-20(28-21(22)16-5-4-15(24)8-18(16)25)31-6-7-33-19(12-31)14-10-26-29(2)11-14/h4-5,8-11,19H,6-7,12H2,1-3H3. The molecule has 0 bridgehead atoms. The molecule has 4 heterocycles. The lowest BCUT2D eigenvalue weighted by Gasteiger charge is -2.33. The zero-order chi connectivity index (χ0) is 23.3. The number of anilines is 1. The summed E-state index contributed by atoms with van der Waals surface area (Å²) in [4.78, 5) is 24.5. The molecule has 170 valence electrons. The van der Waals surface area contributed by atoms with Gasteiger partial charge in [-0.3, -0.25) is 14.0 Å². The van der Waals surface area contributed by atoms with Crippen molar-refractivity contribution in [2.24, 2.45) is 14.1 Å². The lowest BCUT2D eigenvalue weighted by atomic mass is 10.1. The lowest BCUT2D eigenvalue weighted by Crippen LogP contribution is -2.39. The van der Waals surface area contributed by atoms with Crippen LogP contribution in [0.4, 0.5) is 10.2 Å². The molecule has 1 atom stereocenters. The van der Waals surface area contributed by atoms with Crippen molar-refractivity contribution in [1.29, 1.82) is 0 Å². The van der Waals surface area contributed by atoms with E-state index < -0.39 is 5.82 Å². The molecule has 1 aliphatic heterocycles. The fourth-order valence-corrected chi connectivity index (χ4v) is 4.22. The molecule has 3 aromatic heterocycles. The van der Waals surface area contributed by atoms with Gasteiger partial charge in [-0.15, -0.1) is 0 Å². The van der Waals surface area contributed by atoms with E-state index in [-0.39, 0.29) is 22.2 Å². The smallest absolute Gasteiger partial charge is 0.261 e. The van der Waals surface area contributed by atoms with Crippen LogP contribution >= 0.6 is 11.6 Å². The number of ether oxygens (including phenoxy) is 1. The Morgan fingerprint density at radius 1 is 1.21 bits per heavy atom. The number of hydrogen-bond donors (Lipinski definition) is 0. The summed E-state index contributed by atoms with van der Waals surface area (Å²) in [6, 6.07) is 6.13. The number of halogens is 2. The quantitative estimate of drug-likeness (QED) is 0.458. The number of nitrogens with zero attached hydrogens (tertiary/aromatic N) is 6. The molecule has 1 aromatic carbocycles. The number of aromatic nitrogens is 5. The number of aryl methyl sites for hydroxylation is 2. The lowest BCUT2D eigenvalue weighted by molar-refractivity contribution is 0.0395. The van der Waals surface area contributed by atoms with E-state index in [1.54, 1.807) is 43.0 Å². The fourth-order valence-electron chi connectivity index (χ4n) is 4.06. The predicted molar refractivity (Wildman–Crippen MR) is 124 cm³/mol. The Morgan fingerprint density at radius 2 is 2.03 bits per heavy atom. The first-order valence-electron chi connectivity index (χ1n) is 10.5. The summed E-state index contributed by atoms with van der Waals surface area (Å²) in [5.41, 5.74) is 1.65. The van der Waals surface area contributed by atoms with Gasteiger partial charge in [0.25, 0.3) is 5.56 Å². The average Bonchev–Trinajstić information content (AvgIpc) is 3.24. The third-order valence-electron chi connectivity index (χ3n) is 5.95. The molecule has 0 N–H and O–H groups in total. The summed E-state index contributed by atoms with van der Waals surface area (Å²) in [6.45, 7) is 3.31. The van der Waals surface area contributed by atoms with Gasteiger partial charge in [0.2, 0.25) is 0 Å². The highest BCUT2D eigenvalue weighted by Gasteiger charge is 2.26.